The zero-order chi connectivity index (χ0) is 20.4. The van der Waals surface area contributed by atoms with E-state index in [9.17, 15) is 14.4 Å². The molecule has 0 saturated heterocycles. The summed E-state index contributed by atoms with van der Waals surface area (Å²) in [5, 5.41) is 5.22. The maximum atomic E-state index is 12.4. The molecular weight excluding hydrogens is 364 g/mol. The first kappa shape index (κ1) is 20.9. The van der Waals surface area contributed by atoms with Crippen molar-refractivity contribution in [2.24, 2.45) is 0 Å². The molecule has 0 heterocycles. The van der Waals surface area contributed by atoms with E-state index in [1.165, 1.54) is 20.3 Å². The number of benzene rings is 2. The minimum absolute atomic E-state index is 0.147. The summed E-state index contributed by atoms with van der Waals surface area (Å²) < 4.78 is 14.9. The zero-order valence-corrected chi connectivity index (χ0v) is 15.7. The average molecular weight is 386 g/mol. The molecular formula is C20H22N2O6. The summed E-state index contributed by atoms with van der Waals surface area (Å²) in [6.45, 7) is 0.255. The number of carbonyl (C=O) groups excluding carboxylic acids is 3. The molecule has 2 rings (SSSR count). The second-order valence-electron chi connectivity index (χ2n) is 5.65. The number of rotatable bonds is 9. The normalized spacial score (nSPS) is 10.1. The fourth-order valence-corrected chi connectivity index (χ4v) is 2.26. The van der Waals surface area contributed by atoms with Gasteiger partial charge in [-0.2, -0.15) is 0 Å². The molecule has 0 aliphatic heterocycles. The molecule has 8 heteroatoms. The molecule has 2 aromatic rings. The lowest BCUT2D eigenvalue weighted by molar-refractivity contribution is -0.124. The third-order valence-electron chi connectivity index (χ3n) is 3.71. The predicted octanol–water partition coefficient (Wildman–Crippen LogP) is 1.87. The van der Waals surface area contributed by atoms with E-state index in [0.29, 0.717) is 24.5 Å². The smallest absolute Gasteiger partial charge is 0.340 e. The van der Waals surface area contributed by atoms with E-state index >= 15 is 0 Å². The number of esters is 1. The van der Waals surface area contributed by atoms with Gasteiger partial charge in [0.1, 0.15) is 5.75 Å². The van der Waals surface area contributed by atoms with Crippen LogP contribution in [0.2, 0.25) is 0 Å². The van der Waals surface area contributed by atoms with Gasteiger partial charge in [0.25, 0.3) is 11.8 Å². The van der Waals surface area contributed by atoms with Crippen LogP contribution >= 0.6 is 0 Å². The molecule has 2 aromatic carbocycles. The van der Waals surface area contributed by atoms with Crippen LogP contribution < -0.4 is 15.4 Å². The number of hydrogen-bond donors (Lipinski definition) is 2. The van der Waals surface area contributed by atoms with E-state index in [2.05, 4.69) is 10.6 Å². The van der Waals surface area contributed by atoms with E-state index in [1.807, 2.05) is 0 Å². The summed E-state index contributed by atoms with van der Waals surface area (Å²) in [5.41, 5.74) is 0.837. The molecule has 28 heavy (non-hydrogen) atoms. The molecule has 0 spiro atoms. The number of ether oxygens (including phenoxy) is 3. The topological polar surface area (TPSA) is 103 Å². The maximum absolute atomic E-state index is 12.4. The van der Waals surface area contributed by atoms with E-state index < -0.39 is 18.5 Å². The molecule has 0 radical (unpaired) electrons. The Morgan fingerprint density at radius 3 is 2.36 bits per heavy atom. The number of para-hydroxylation sites is 1. The Morgan fingerprint density at radius 2 is 1.68 bits per heavy atom. The predicted molar refractivity (Wildman–Crippen MR) is 103 cm³/mol. The molecule has 0 aliphatic rings. The van der Waals surface area contributed by atoms with Gasteiger partial charge in [-0.15, -0.1) is 0 Å². The van der Waals surface area contributed by atoms with Crippen molar-refractivity contribution in [2.45, 2.75) is 0 Å². The summed E-state index contributed by atoms with van der Waals surface area (Å²) in [4.78, 5) is 36.4. The molecule has 0 unspecified atom stereocenters. The number of carbonyl (C=O) groups is 3. The average Bonchev–Trinajstić information content (AvgIpc) is 2.72. The maximum Gasteiger partial charge on any atom is 0.340 e. The Bertz CT molecular complexity index is 820. The zero-order valence-electron chi connectivity index (χ0n) is 15.7. The molecule has 0 fully saturated rings. The molecule has 2 N–H and O–H groups in total. The molecule has 2 amide bonds. The van der Waals surface area contributed by atoms with Crippen molar-refractivity contribution in [1.29, 1.82) is 0 Å². The standard InChI is InChI=1S/C20H22N2O6/c1-26-12-11-21-18(23)13-28-20(25)16-5-3-4-6-17(16)22-19(24)14-7-9-15(27-2)10-8-14/h3-10H,11-13H2,1-2H3,(H,21,23)(H,22,24). The van der Waals surface area contributed by atoms with Gasteiger partial charge in [-0.1, -0.05) is 12.1 Å². The number of nitrogens with one attached hydrogen (secondary N) is 2. The van der Waals surface area contributed by atoms with Gasteiger partial charge < -0.3 is 24.8 Å². The Balaban J connectivity index is 2.00. The Morgan fingerprint density at radius 1 is 0.964 bits per heavy atom. The van der Waals surface area contributed by atoms with Gasteiger partial charge in [0.2, 0.25) is 0 Å². The minimum atomic E-state index is -0.715. The number of anilines is 1. The van der Waals surface area contributed by atoms with Crippen molar-refractivity contribution in [3.63, 3.8) is 0 Å². The second-order valence-corrected chi connectivity index (χ2v) is 5.65. The van der Waals surface area contributed by atoms with Gasteiger partial charge in [-0.05, 0) is 36.4 Å². The van der Waals surface area contributed by atoms with Gasteiger partial charge in [0, 0.05) is 19.2 Å². The fraction of sp³-hybridized carbons (Fsp3) is 0.250. The van der Waals surface area contributed by atoms with Crippen LogP contribution in [0, 0.1) is 0 Å². The molecule has 0 atom stereocenters. The highest BCUT2D eigenvalue weighted by Gasteiger charge is 2.16. The highest BCUT2D eigenvalue weighted by molar-refractivity contribution is 6.08. The Kier molecular flexibility index (Phi) is 7.98. The summed E-state index contributed by atoms with van der Waals surface area (Å²) in [6.07, 6.45) is 0. The Labute approximate surface area is 162 Å². The number of hydrogen-bond acceptors (Lipinski definition) is 6. The molecule has 0 aromatic heterocycles. The fourth-order valence-electron chi connectivity index (χ4n) is 2.26. The molecule has 0 aliphatic carbocycles. The van der Waals surface area contributed by atoms with Crippen LogP contribution in [0.25, 0.3) is 0 Å². The summed E-state index contributed by atoms with van der Waals surface area (Å²) in [5.74, 6) is -0.915. The summed E-state index contributed by atoms with van der Waals surface area (Å²) >= 11 is 0. The van der Waals surface area contributed by atoms with Crippen LogP contribution in [0.15, 0.2) is 48.5 Å². The van der Waals surface area contributed by atoms with Crippen molar-refractivity contribution in [2.75, 3.05) is 39.3 Å². The third-order valence-corrected chi connectivity index (χ3v) is 3.71. The van der Waals surface area contributed by atoms with Crippen molar-refractivity contribution in [3.05, 3.63) is 59.7 Å². The van der Waals surface area contributed by atoms with Gasteiger partial charge in [-0.25, -0.2) is 4.79 Å². The van der Waals surface area contributed by atoms with Crippen LogP contribution in [0.4, 0.5) is 5.69 Å². The minimum Gasteiger partial charge on any atom is -0.497 e. The van der Waals surface area contributed by atoms with Crippen molar-refractivity contribution >= 4 is 23.5 Å². The van der Waals surface area contributed by atoms with E-state index in [1.54, 1.807) is 42.5 Å². The lowest BCUT2D eigenvalue weighted by Gasteiger charge is -2.11. The first-order valence-corrected chi connectivity index (χ1v) is 8.52. The van der Waals surface area contributed by atoms with Gasteiger partial charge in [0.15, 0.2) is 6.61 Å². The SMILES string of the molecule is COCCNC(=O)COC(=O)c1ccccc1NC(=O)c1ccc(OC)cc1. The van der Waals surface area contributed by atoms with Crippen LogP contribution in [0.5, 0.6) is 5.75 Å². The molecule has 8 nitrogen and oxygen atoms in total. The number of amides is 2. The first-order valence-electron chi connectivity index (χ1n) is 8.52. The van der Waals surface area contributed by atoms with Crippen LogP contribution in [0.1, 0.15) is 20.7 Å². The van der Waals surface area contributed by atoms with Crippen LogP contribution in [0.3, 0.4) is 0 Å². The highest BCUT2D eigenvalue weighted by Crippen LogP contribution is 2.18. The molecule has 0 saturated carbocycles. The first-order chi connectivity index (χ1) is 13.5. The Hall–Kier alpha value is -3.39. The largest absolute Gasteiger partial charge is 0.497 e. The summed E-state index contributed by atoms with van der Waals surface area (Å²) in [6, 6.07) is 13.0. The van der Waals surface area contributed by atoms with E-state index in [4.69, 9.17) is 14.2 Å². The second kappa shape index (κ2) is 10.7. The molecule has 0 bridgehead atoms. The quantitative estimate of drug-likeness (QED) is 0.504. The lowest BCUT2D eigenvalue weighted by Crippen LogP contribution is -2.31. The van der Waals surface area contributed by atoms with Crippen LogP contribution in [-0.4, -0.2) is 51.8 Å². The number of methoxy groups -OCH3 is 2. The van der Waals surface area contributed by atoms with Crippen molar-refractivity contribution < 1.29 is 28.6 Å². The van der Waals surface area contributed by atoms with Gasteiger partial charge in [0.05, 0.1) is 25.0 Å². The lowest BCUT2D eigenvalue weighted by atomic mass is 10.1. The summed E-state index contributed by atoms with van der Waals surface area (Å²) in [7, 11) is 3.05. The van der Waals surface area contributed by atoms with E-state index in [-0.39, 0.29) is 17.2 Å². The van der Waals surface area contributed by atoms with Gasteiger partial charge in [-0.3, -0.25) is 9.59 Å². The third kappa shape index (κ3) is 6.10. The highest BCUT2D eigenvalue weighted by atomic mass is 16.5. The van der Waals surface area contributed by atoms with Gasteiger partial charge >= 0.3 is 5.97 Å². The van der Waals surface area contributed by atoms with Crippen molar-refractivity contribution in [1.82, 2.24) is 5.32 Å². The molecule has 148 valence electrons. The van der Waals surface area contributed by atoms with Crippen molar-refractivity contribution in [3.8, 4) is 5.75 Å². The monoisotopic (exact) mass is 386 g/mol. The van der Waals surface area contributed by atoms with E-state index in [0.717, 1.165) is 0 Å². The van der Waals surface area contributed by atoms with Crippen LogP contribution in [-0.2, 0) is 14.3 Å².